The van der Waals surface area contributed by atoms with Crippen LogP contribution in [0, 0.1) is 0 Å². The summed E-state index contributed by atoms with van der Waals surface area (Å²) >= 11 is 0. The maximum atomic E-state index is 11.4. The molecular formula is C16H23NO2. The maximum Gasteiger partial charge on any atom is 0.159 e. The van der Waals surface area contributed by atoms with Crippen LogP contribution in [-0.2, 0) is 11.2 Å². The van der Waals surface area contributed by atoms with Gasteiger partial charge < -0.3 is 9.64 Å². The monoisotopic (exact) mass is 261 g/mol. The van der Waals surface area contributed by atoms with Gasteiger partial charge in [0.05, 0.1) is 12.7 Å². The van der Waals surface area contributed by atoms with Crippen molar-refractivity contribution in [3.8, 4) is 0 Å². The molecule has 0 aliphatic carbocycles. The van der Waals surface area contributed by atoms with Gasteiger partial charge in [0.2, 0.25) is 0 Å². The molecule has 0 atom stereocenters. The van der Waals surface area contributed by atoms with Crippen LogP contribution >= 0.6 is 0 Å². The number of rotatable bonds is 5. The molecular weight excluding hydrogens is 238 g/mol. The van der Waals surface area contributed by atoms with Gasteiger partial charge in [0.15, 0.2) is 5.78 Å². The second kappa shape index (κ2) is 6.20. The van der Waals surface area contributed by atoms with Gasteiger partial charge in [-0.15, -0.1) is 0 Å². The number of hydrogen-bond donors (Lipinski definition) is 0. The average molecular weight is 261 g/mol. The smallest absolute Gasteiger partial charge is 0.159 e. The minimum Gasteiger partial charge on any atom is -0.377 e. The summed E-state index contributed by atoms with van der Waals surface area (Å²) in [6.45, 7) is 8.50. The molecule has 0 amide bonds. The lowest BCUT2D eigenvalue weighted by Gasteiger charge is -2.31. The molecule has 104 valence electrons. The van der Waals surface area contributed by atoms with E-state index in [1.807, 2.05) is 12.1 Å². The van der Waals surface area contributed by atoms with Gasteiger partial charge in [-0.25, -0.2) is 0 Å². The first-order valence-corrected chi connectivity index (χ1v) is 7.08. The summed E-state index contributed by atoms with van der Waals surface area (Å²) in [5, 5.41) is 0. The number of carbonyl (C=O) groups excluding carboxylic acids is 1. The van der Waals surface area contributed by atoms with Crippen LogP contribution in [0.4, 0.5) is 5.69 Å². The van der Waals surface area contributed by atoms with Gasteiger partial charge in [-0.05, 0) is 57.4 Å². The molecule has 1 heterocycles. The largest absolute Gasteiger partial charge is 0.377 e. The van der Waals surface area contributed by atoms with E-state index >= 15 is 0 Å². The summed E-state index contributed by atoms with van der Waals surface area (Å²) in [5.74, 6) is 0.142. The molecule has 1 aliphatic rings. The van der Waals surface area contributed by atoms with Crippen LogP contribution < -0.4 is 4.90 Å². The number of Topliss-reactive ketones (excluding diaryl/α,β-unsaturated/α-hetero) is 1. The first kappa shape index (κ1) is 14.1. The molecule has 0 radical (unpaired) electrons. The minimum atomic E-state index is 0.142. The van der Waals surface area contributed by atoms with Gasteiger partial charge in [0, 0.05) is 24.3 Å². The number of benzene rings is 1. The van der Waals surface area contributed by atoms with Crippen molar-refractivity contribution in [2.45, 2.75) is 39.7 Å². The highest BCUT2D eigenvalue weighted by Gasteiger charge is 2.17. The Labute approximate surface area is 115 Å². The minimum absolute atomic E-state index is 0.142. The molecule has 0 saturated carbocycles. The van der Waals surface area contributed by atoms with Crippen molar-refractivity contribution in [2.75, 3.05) is 24.6 Å². The number of carbonyl (C=O) groups is 1. The van der Waals surface area contributed by atoms with Crippen molar-refractivity contribution in [1.82, 2.24) is 0 Å². The molecule has 0 bridgehead atoms. The van der Waals surface area contributed by atoms with E-state index in [0.717, 1.165) is 38.1 Å². The molecule has 1 aromatic carbocycles. The fourth-order valence-electron chi connectivity index (χ4n) is 2.52. The average Bonchev–Trinajstić information content (AvgIpc) is 2.37. The van der Waals surface area contributed by atoms with Crippen LogP contribution in [0.5, 0.6) is 0 Å². The van der Waals surface area contributed by atoms with Gasteiger partial charge in [0.1, 0.15) is 0 Å². The fraction of sp³-hybridized carbons (Fsp3) is 0.562. The highest BCUT2D eigenvalue weighted by Crippen LogP contribution is 2.28. The third-order valence-electron chi connectivity index (χ3n) is 3.51. The first-order chi connectivity index (χ1) is 9.08. The molecule has 0 fully saturated rings. The Hall–Kier alpha value is -1.35. The Morgan fingerprint density at radius 3 is 2.89 bits per heavy atom. The van der Waals surface area contributed by atoms with E-state index in [1.165, 1.54) is 11.3 Å². The van der Waals surface area contributed by atoms with Crippen LogP contribution in [0.3, 0.4) is 0 Å². The van der Waals surface area contributed by atoms with Gasteiger partial charge >= 0.3 is 0 Å². The van der Waals surface area contributed by atoms with Crippen LogP contribution in [0.25, 0.3) is 0 Å². The van der Waals surface area contributed by atoms with Crippen molar-refractivity contribution in [2.24, 2.45) is 0 Å². The first-order valence-electron chi connectivity index (χ1n) is 7.08. The number of hydrogen-bond acceptors (Lipinski definition) is 3. The number of ketones is 1. The maximum absolute atomic E-state index is 11.4. The molecule has 1 aliphatic heterocycles. The molecule has 2 rings (SSSR count). The number of aryl methyl sites for hydroxylation is 1. The number of anilines is 1. The topological polar surface area (TPSA) is 29.5 Å². The highest BCUT2D eigenvalue weighted by atomic mass is 16.5. The Balaban J connectivity index is 2.09. The molecule has 0 saturated heterocycles. The zero-order valence-electron chi connectivity index (χ0n) is 12.1. The Morgan fingerprint density at radius 2 is 2.21 bits per heavy atom. The quantitative estimate of drug-likeness (QED) is 0.763. The molecule has 0 N–H and O–H groups in total. The van der Waals surface area contributed by atoms with Gasteiger partial charge in [0.25, 0.3) is 0 Å². The summed E-state index contributed by atoms with van der Waals surface area (Å²) in [4.78, 5) is 13.8. The Morgan fingerprint density at radius 1 is 1.42 bits per heavy atom. The third-order valence-corrected chi connectivity index (χ3v) is 3.51. The third kappa shape index (κ3) is 3.57. The van der Waals surface area contributed by atoms with Crippen LogP contribution in [0.2, 0.25) is 0 Å². The van der Waals surface area contributed by atoms with Crippen molar-refractivity contribution in [3.05, 3.63) is 29.3 Å². The van der Waals surface area contributed by atoms with Crippen LogP contribution in [0.15, 0.2) is 18.2 Å². The second-order valence-corrected chi connectivity index (χ2v) is 5.41. The number of ether oxygens (including phenoxy) is 1. The van der Waals surface area contributed by atoms with Crippen molar-refractivity contribution < 1.29 is 9.53 Å². The summed E-state index contributed by atoms with van der Waals surface area (Å²) in [7, 11) is 0. The predicted octanol–water partition coefficient (Wildman–Crippen LogP) is 3.07. The predicted molar refractivity (Wildman–Crippen MR) is 78.1 cm³/mol. The molecule has 0 spiro atoms. The lowest BCUT2D eigenvalue weighted by molar-refractivity contribution is 0.0839. The zero-order chi connectivity index (χ0) is 13.8. The summed E-state index contributed by atoms with van der Waals surface area (Å²) < 4.78 is 5.63. The molecule has 3 nitrogen and oxygen atoms in total. The molecule has 19 heavy (non-hydrogen) atoms. The lowest BCUT2D eigenvalue weighted by Crippen LogP contribution is -2.33. The summed E-state index contributed by atoms with van der Waals surface area (Å²) in [6.07, 6.45) is 2.50. The lowest BCUT2D eigenvalue weighted by atomic mass is 9.98. The van der Waals surface area contributed by atoms with E-state index < -0.39 is 0 Å². The SMILES string of the molecule is CC(=O)c1ccc2c(c1)CCCN2CCOC(C)C. The van der Waals surface area contributed by atoms with E-state index in [4.69, 9.17) is 4.74 Å². The molecule has 3 heteroatoms. The molecule has 1 aromatic rings. The normalized spacial score (nSPS) is 14.6. The number of nitrogens with zero attached hydrogens (tertiary/aromatic N) is 1. The molecule has 0 unspecified atom stereocenters. The van der Waals surface area contributed by atoms with Crippen LogP contribution in [-0.4, -0.2) is 31.6 Å². The second-order valence-electron chi connectivity index (χ2n) is 5.41. The van der Waals surface area contributed by atoms with Gasteiger partial charge in [-0.1, -0.05) is 0 Å². The van der Waals surface area contributed by atoms with E-state index in [1.54, 1.807) is 6.92 Å². The number of fused-ring (bicyclic) bond motifs is 1. The van der Waals surface area contributed by atoms with Crippen molar-refractivity contribution >= 4 is 11.5 Å². The summed E-state index contributed by atoms with van der Waals surface area (Å²) in [6, 6.07) is 6.07. The van der Waals surface area contributed by atoms with Gasteiger partial charge in [-0.3, -0.25) is 4.79 Å². The van der Waals surface area contributed by atoms with E-state index in [9.17, 15) is 4.79 Å². The zero-order valence-corrected chi connectivity index (χ0v) is 12.1. The van der Waals surface area contributed by atoms with Crippen molar-refractivity contribution in [1.29, 1.82) is 0 Å². The van der Waals surface area contributed by atoms with E-state index in [2.05, 4.69) is 24.8 Å². The van der Waals surface area contributed by atoms with E-state index in [0.29, 0.717) is 0 Å². The summed E-state index contributed by atoms with van der Waals surface area (Å²) in [5.41, 5.74) is 3.38. The van der Waals surface area contributed by atoms with E-state index in [-0.39, 0.29) is 11.9 Å². The fourth-order valence-corrected chi connectivity index (χ4v) is 2.52. The standard InChI is InChI=1S/C16H23NO2/c1-12(2)19-10-9-17-8-4-5-15-11-14(13(3)18)6-7-16(15)17/h6-7,11-12H,4-5,8-10H2,1-3H3. The van der Waals surface area contributed by atoms with Gasteiger partial charge in [-0.2, -0.15) is 0 Å². The van der Waals surface area contributed by atoms with Crippen molar-refractivity contribution in [3.63, 3.8) is 0 Å². The van der Waals surface area contributed by atoms with Crippen LogP contribution in [0.1, 0.15) is 43.1 Å². The Bertz CT molecular complexity index is 454. The highest BCUT2D eigenvalue weighted by molar-refractivity contribution is 5.94. The molecule has 0 aromatic heterocycles. The Kier molecular flexibility index (Phi) is 4.59.